The number of hydrogen-bond donors (Lipinski definition) is 2. The Morgan fingerprint density at radius 2 is 2.10 bits per heavy atom. The van der Waals surface area contributed by atoms with Gasteiger partial charge in [0.25, 0.3) is 0 Å². The number of esters is 1. The summed E-state index contributed by atoms with van der Waals surface area (Å²) in [4.78, 5) is 15.3. The van der Waals surface area contributed by atoms with E-state index in [0.29, 0.717) is 6.07 Å². The van der Waals surface area contributed by atoms with Crippen molar-refractivity contribution >= 4 is 34.8 Å². The van der Waals surface area contributed by atoms with Crippen LogP contribution < -0.4 is 11.1 Å². The van der Waals surface area contributed by atoms with E-state index < -0.39 is 17.6 Å². The number of carbonyl (C=O) groups excluding carboxylic acids is 1. The van der Waals surface area contributed by atoms with Crippen molar-refractivity contribution in [1.29, 1.82) is 0 Å². The highest BCUT2D eigenvalue weighted by molar-refractivity contribution is 6.33. The molecule has 0 amide bonds. The molecule has 21 heavy (non-hydrogen) atoms. The van der Waals surface area contributed by atoms with Crippen LogP contribution in [0.15, 0.2) is 24.3 Å². The standard InChI is InChI=1S/C13H10ClF2N3O2/c1-21-13(20)10-3-2-9(17)12(18-10)19-11-7(14)4-6(15)5-8(11)16/h2-5H,17H2,1H3,(H,18,19). The van der Waals surface area contributed by atoms with Gasteiger partial charge < -0.3 is 15.8 Å². The molecule has 0 saturated heterocycles. The molecule has 1 heterocycles. The van der Waals surface area contributed by atoms with Gasteiger partial charge in [-0.2, -0.15) is 0 Å². The Morgan fingerprint density at radius 3 is 2.71 bits per heavy atom. The SMILES string of the molecule is COC(=O)c1ccc(N)c(Nc2c(F)cc(F)cc2Cl)n1. The van der Waals surface area contributed by atoms with E-state index in [2.05, 4.69) is 15.0 Å². The summed E-state index contributed by atoms with van der Waals surface area (Å²) in [6.07, 6.45) is 0. The molecule has 0 aliphatic rings. The molecular formula is C13H10ClF2N3O2. The van der Waals surface area contributed by atoms with Crippen molar-refractivity contribution < 1.29 is 18.3 Å². The average molecular weight is 314 g/mol. The lowest BCUT2D eigenvalue weighted by molar-refractivity contribution is 0.0594. The summed E-state index contributed by atoms with van der Waals surface area (Å²) in [6, 6.07) is 4.35. The molecule has 5 nitrogen and oxygen atoms in total. The monoisotopic (exact) mass is 313 g/mol. The zero-order valence-electron chi connectivity index (χ0n) is 10.8. The Balaban J connectivity index is 2.42. The number of benzene rings is 1. The fourth-order valence-electron chi connectivity index (χ4n) is 1.57. The Kier molecular flexibility index (Phi) is 4.23. The molecule has 0 aliphatic carbocycles. The highest BCUT2D eigenvalue weighted by Gasteiger charge is 2.15. The lowest BCUT2D eigenvalue weighted by Gasteiger charge is -2.12. The van der Waals surface area contributed by atoms with Crippen molar-refractivity contribution in [2.45, 2.75) is 0 Å². The Bertz CT molecular complexity index is 687. The molecule has 0 aliphatic heterocycles. The largest absolute Gasteiger partial charge is 0.464 e. The van der Waals surface area contributed by atoms with Gasteiger partial charge in [0.05, 0.1) is 23.5 Å². The third-order valence-electron chi connectivity index (χ3n) is 2.57. The number of carbonyl (C=O) groups is 1. The number of nitrogens with one attached hydrogen (secondary N) is 1. The third kappa shape index (κ3) is 3.19. The van der Waals surface area contributed by atoms with Gasteiger partial charge in [0.2, 0.25) is 0 Å². The number of hydrogen-bond acceptors (Lipinski definition) is 5. The molecule has 1 aromatic heterocycles. The lowest BCUT2D eigenvalue weighted by atomic mass is 10.2. The van der Waals surface area contributed by atoms with E-state index in [1.807, 2.05) is 0 Å². The van der Waals surface area contributed by atoms with Gasteiger partial charge in [0, 0.05) is 6.07 Å². The van der Waals surface area contributed by atoms with Crippen molar-refractivity contribution in [3.63, 3.8) is 0 Å². The van der Waals surface area contributed by atoms with Crippen molar-refractivity contribution in [1.82, 2.24) is 4.98 Å². The summed E-state index contributed by atoms with van der Waals surface area (Å²) < 4.78 is 31.2. The molecule has 2 rings (SSSR count). The van der Waals surface area contributed by atoms with E-state index in [-0.39, 0.29) is 27.9 Å². The predicted octanol–water partition coefficient (Wildman–Crippen LogP) is 3.13. The van der Waals surface area contributed by atoms with Gasteiger partial charge in [0.1, 0.15) is 5.82 Å². The molecular weight excluding hydrogens is 304 g/mol. The topological polar surface area (TPSA) is 77.2 Å². The number of anilines is 3. The average Bonchev–Trinajstić information content (AvgIpc) is 2.43. The zero-order valence-corrected chi connectivity index (χ0v) is 11.5. The molecule has 3 N–H and O–H groups in total. The van der Waals surface area contributed by atoms with E-state index in [0.717, 1.165) is 6.07 Å². The number of halogens is 3. The van der Waals surface area contributed by atoms with Gasteiger partial charge in [0.15, 0.2) is 17.3 Å². The van der Waals surface area contributed by atoms with Gasteiger partial charge in [-0.05, 0) is 18.2 Å². The summed E-state index contributed by atoms with van der Waals surface area (Å²) >= 11 is 5.76. The molecule has 1 aromatic carbocycles. The highest BCUT2D eigenvalue weighted by atomic mass is 35.5. The van der Waals surface area contributed by atoms with Gasteiger partial charge in [-0.1, -0.05) is 11.6 Å². The van der Waals surface area contributed by atoms with Crippen LogP contribution in [0.1, 0.15) is 10.5 Å². The van der Waals surface area contributed by atoms with Crippen molar-refractivity contribution in [2.24, 2.45) is 0 Å². The Morgan fingerprint density at radius 1 is 1.38 bits per heavy atom. The molecule has 0 fully saturated rings. The van der Waals surface area contributed by atoms with Crippen LogP contribution in [-0.4, -0.2) is 18.1 Å². The quantitative estimate of drug-likeness (QED) is 0.851. The number of ether oxygens (including phenoxy) is 1. The van der Waals surface area contributed by atoms with Crippen LogP contribution in [0, 0.1) is 11.6 Å². The van der Waals surface area contributed by atoms with Crippen LogP contribution in [0.25, 0.3) is 0 Å². The molecule has 0 atom stereocenters. The fraction of sp³-hybridized carbons (Fsp3) is 0.0769. The fourth-order valence-corrected chi connectivity index (χ4v) is 1.81. The molecule has 8 heteroatoms. The van der Waals surface area contributed by atoms with Crippen LogP contribution >= 0.6 is 11.6 Å². The molecule has 0 bridgehead atoms. The van der Waals surface area contributed by atoms with E-state index in [9.17, 15) is 13.6 Å². The van der Waals surface area contributed by atoms with Gasteiger partial charge >= 0.3 is 5.97 Å². The Labute approximate surface area is 123 Å². The number of aromatic nitrogens is 1. The predicted molar refractivity (Wildman–Crippen MR) is 74.6 cm³/mol. The van der Waals surface area contributed by atoms with E-state index >= 15 is 0 Å². The number of pyridine rings is 1. The van der Waals surface area contributed by atoms with Gasteiger partial charge in [-0.25, -0.2) is 18.6 Å². The van der Waals surface area contributed by atoms with Crippen LogP contribution in [0.4, 0.5) is 26.0 Å². The van der Waals surface area contributed by atoms with Crippen LogP contribution in [0.2, 0.25) is 5.02 Å². The highest BCUT2D eigenvalue weighted by Crippen LogP contribution is 2.30. The number of nitrogens with two attached hydrogens (primary N) is 1. The Hall–Kier alpha value is -2.41. The minimum absolute atomic E-state index is 0.00491. The summed E-state index contributed by atoms with van der Waals surface area (Å²) in [5.41, 5.74) is 5.63. The molecule has 0 saturated carbocycles. The summed E-state index contributed by atoms with van der Waals surface area (Å²) in [5, 5.41) is 2.35. The van der Waals surface area contributed by atoms with Crippen LogP contribution in [0.3, 0.4) is 0 Å². The maximum absolute atomic E-state index is 13.7. The second kappa shape index (κ2) is 5.92. The van der Waals surface area contributed by atoms with Crippen LogP contribution in [0.5, 0.6) is 0 Å². The van der Waals surface area contributed by atoms with Crippen LogP contribution in [-0.2, 0) is 4.74 Å². The first-order chi connectivity index (χ1) is 9.92. The zero-order chi connectivity index (χ0) is 15.6. The van der Waals surface area contributed by atoms with E-state index in [1.54, 1.807) is 0 Å². The summed E-state index contributed by atoms with van der Waals surface area (Å²) in [6.45, 7) is 0. The first kappa shape index (κ1) is 15.0. The second-order valence-electron chi connectivity index (χ2n) is 4.00. The first-order valence-corrected chi connectivity index (χ1v) is 6.06. The van der Waals surface area contributed by atoms with Crippen molar-refractivity contribution in [3.05, 3.63) is 46.6 Å². The van der Waals surface area contributed by atoms with Crippen molar-refractivity contribution in [2.75, 3.05) is 18.2 Å². The maximum Gasteiger partial charge on any atom is 0.356 e. The minimum atomic E-state index is -0.912. The second-order valence-corrected chi connectivity index (χ2v) is 4.40. The number of methoxy groups -OCH3 is 1. The summed E-state index contributed by atoms with van der Waals surface area (Å²) in [5.74, 6) is -2.40. The minimum Gasteiger partial charge on any atom is -0.464 e. The maximum atomic E-state index is 13.7. The van der Waals surface area contributed by atoms with E-state index in [1.165, 1.54) is 19.2 Å². The number of nitrogen functional groups attached to an aromatic ring is 1. The smallest absolute Gasteiger partial charge is 0.356 e. The molecule has 110 valence electrons. The summed E-state index contributed by atoms with van der Waals surface area (Å²) in [7, 11) is 1.20. The van der Waals surface area contributed by atoms with Gasteiger partial charge in [-0.3, -0.25) is 0 Å². The first-order valence-electron chi connectivity index (χ1n) is 5.68. The van der Waals surface area contributed by atoms with Crippen molar-refractivity contribution in [3.8, 4) is 0 Å². The van der Waals surface area contributed by atoms with E-state index in [4.69, 9.17) is 17.3 Å². The lowest BCUT2D eigenvalue weighted by Crippen LogP contribution is -2.08. The third-order valence-corrected chi connectivity index (χ3v) is 2.87. The normalized spacial score (nSPS) is 10.3. The number of nitrogens with zero attached hydrogens (tertiary/aromatic N) is 1. The molecule has 0 spiro atoms. The number of rotatable bonds is 3. The molecule has 0 unspecified atom stereocenters. The molecule has 2 aromatic rings. The van der Waals surface area contributed by atoms with Gasteiger partial charge in [-0.15, -0.1) is 0 Å². The molecule has 0 radical (unpaired) electrons.